The summed E-state index contributed by atoms with van der Waals surface area (Å²) in [5.74, 6) is -0.106. The first-order valence-corrected chi connectivity index (χ1v) is 5.82. The maximum atomic E-state index is 12.1. The van der Waals surface area contributed by atoms with Crippen LogP contribution in [0.5, 0.6) is 0 Å². The van der Waals surface area contributed by atoms with Crippen molar-refractivity contribution in [2.24, 2.45) is 5.41 Å². The van der Waals surface area contributed by atoms with Gasteiger partial charge >= 0.3 is 5.97 Å². The molecule has 4 nitrogen and oxygen atoms in total. The average Bonchev–Trinajstić information content (AvgIpc) is 2.72. The van der Waals surface area contributed by atoms with Crippen LogP contribution in [0.2, 0.25) is 0 Å². The van der Waals surface area contributed by atoms with Crippen LogP contribution in [-0.2, 0) is 14.3 Å². The fourth-order valence-electron chi connectivity index (χ4n) is 2.29. The quantitative estimate of drug-likeness (QED) is 0.685. The Morgan fingerprint density at radius 3 is 2.38 bits per heavy atom. The second-order valence-corrected chi connectivity index (χ2v) is 4.82. The summed E-state index contributed by atoms with van der Waals surface area (Å²) >= 11 is 0. The Kier molecular flexibility index (Phi) is 4.33. The van der Waals surface area contributed by atoms with Gasteiger partial charge in [0.05, 0.1) is 13.5 Å². The largest absolute Gasteiger partial charge is 0.469 e. The van der Waals surface area contributed by atoms with E-state index in [-0.39, 0.29) is 23.7 Å². The molecule has 0 radical (unpaired) electrons. The zero-order valence-electron chi connectivity index (χ0n) is 10.4. The van der Waals surface area contributed by atoms with Crippen LogP contribution in [0.1, 0.15) is 39.0 Å². The van der Waals surface area contributed by atoms with E-state index in [1.54, 1.807) is 11.9 Å². The van der Waals surface area contributed by atoms with Gasteiger partial charge in [0.15, 0.2) is 0 Å². The van der Waals surface area contributed by atoms with Gasteiger partial charge in [-0.3, -0.25) is 9.59 Å². The van der Waals surface area contributed by atoms with Crippen molar-refractivity contribution in [2.75, 3.05) is 20.7 Å². The van der Waals surface area contributed by atoms with E-state index >= 15 is 0 Å². The van der Waals surface area contributed by atoms with Crippen molar-refractivity contribution in [3.63, 3.8) is 0 Å². The van der Waals surface area contributed by atoms with Crippen molar-refractivity contribution in [3.05, 3.63) is 0 Å². The van der Waals surface area contributed by atoms with Gasteiger partial charge in [0.2, 0.25) is 5.91 Å². The molecular formula is C12H21NO3. The Morgan fingerprint density at radius 2 is 1.88 bits per heavy atom. The van der Waals surface area contributed by atoms with E-state index in [0.29, 0.717) is 6.54 Å². The number of carbonyl (C=O) groups is 2. The lowest BCUT2D eigenvalue weighted by Crippen LogP contribution is -2.39. The van der Waals surface area contributed by atoms with E-state index in [4.69, 9.17) is 0 Å². The number of ether oxygens (including phenoxy) is 1. The van der Waals surface area contributed by atoms with Crippen molar-refractivity contribution in [2.45, 2.75) is 39.0 Å². The van der Waals surface area contributed by atoms with Gasteiger partial charge in [-0.05, 0) is 12.8 Å². The normalized spacial score (nSPS) is 18.2. The fraction of sp³-hybridized carbons (Fsp3) is 0.833. The predicted octanol–water partition coefficient (Wildman–Crippen LogP) is 1.59. The molecule has 0 N–H and O–H groups in total. The monoisotopic (exact) mass is 227 g/mol. The van der Waals surface area contributed by atoms with E-state index in [0.717, 1.165) is 25.7 Å². The number of rotatable bonds is 4. The predicted molar refractivity (Wildman–Crippen MR) is 60.8 cm³/mol. The number of hydrogen-bond acceptors (Lipinski definition) is 3. The fourth-order valence-corrected chi connectivity index (χ4v) is 2.29. The van der Waals surface area contributed by atoms with Gasteiger partial charge < -0.3 is 9.64 Å². The minimum atomic E-state index is -0.267. The minimum absolute atomic E-state index is 0.161. The molecule has 4 heteroatoms. The van der Waals surface area contributed by atoms with Crippen LogP contribution >= 0.6 is 0 Å². The highest BCUT2D eigenvalue weighted by Crippen LogP contribution is 2.38. The van der Waals surface area contributed by atoms with Gasteiger partial charge in [-0.2, -0.15) is 0 Å². The molecular weight excluding hydrogens is 206 g/mol. The first-order valence-electron chi connectivity index (χ1n) is 5.82. The molecule has 0 aliphatic heterocycles. The number of nitrogens with zero attached hydrogens (tertiary/aromatic N) is 1. The van der Waals surface area contributed by atoms with Crippen molar-refractivity contribution >= 4 is 11.9 Å². The lowest BCUT2D eigenvalue weighted by atomic mass is 9.87. The molecule has 0 bridgehead atoms. The molecule has 1 rings (SSSR count). The van der Waals surface area contributed by atoms with Gasteiger partial charge in [-0.1, -0.05) is 19.8 Å². The van der Waals surface area contributed by atoms with Gasteiger partial charge in [0.1, 0.15) is 0 Å². The summed E-state index contributed by atoms with van der Waals surface area (Å²) in [5, 5.41) is 0. The zero-order chi connectivity index (χ0) is 12.2. The van der Waals surface area contributed by atoms with E-state index < -0.39 is 0 Å². The van der Waals surface area contributed by atoms with Gasteiger partial charge in [0.25, 0.3) is 0 Å². The van der Waals surface area contributed by atoms with E-state index in [1.807, 2.05) is 6.92 Å². The first kappa shape index (κ1) is 13.0. The maximum absolute atomic E-state index is 12.1. The molecule has 0 aromatic rings. The van der Waals surface area contributed by atoms with Crippen LogP contribution in [-0.4, -0.2) is 37.5 Å². The lowest BCUT2D eigenvalue weighted by molar-refractivity contribution is -0.143. The van der Waals surface area contributed by atoms with Crippen LogP contribution in [0, 0.1) is 5.41 Å². The van der Waals surface area contributed by atoms with Gasteiger partial charge in [-0.15, -0.1) is 0 Å². The molecule has 1 amide bonds. The topological polar surface area (TPSA) is 46.6 Å². The molecule has 0 unspecified atom stereocenters. The Morgan fingerprint density at radius 1 is 1.31 bits per heavy atom. The minimum Gasteiger partial charge on any atom is -0.469 e. The maximum Gasteiger partial charge on any atom is 0.307 e. The molecule has 1 aliphatic carbocycles. The summed E-state index contributed by atoms with van der Waals surface area (Å²) < 4.78 is 4.55. The van der Waals surface area contributed by atoms with Crippen LogP contribution in [0.25, 0.3) is 0 Å². The molecule has 0 heterocycles. The van der Waals surface area contributed by atoms with Crippen molar-refractivity contribution < 1.29 is 14.3 Å². The van der Waals surface area contributed by atoms with Crippen LogP contribution in [0.15, 0.2) is 0 Å². The Bertz CT molecular complexity index is 269. The van der Waals surface area contributed by atoms with Crippen molar-refractivity contribution in [3.8, 4) is 0 Å². The Hall–Kier alpha value is -1.06. The first-order chi connectivity index (χ1) is 7.49. The second-order valence-electron chi connectivity index (χ2n) is 4.82. The number of amides is 1. The number of carbonyl (C=O) groups excluding carboxylic acids is 2. The second kappa shape index (κ2) is 5.32. The summed E-state index contributed by atoms with van der Waals surface area (Å²) in [6.45, 7) is 2.47. The zero-order valence-corrected chi connectivity index (χ0v) is 10.4. The number of hydrogen-bond donors (Lipinski definition) is 0. The summed E-state index contributed by atoms with van der Waals surface area (Å²) in [4.78, 5) is 24.8. The molecule has 0 aromatic heterocycles. The summed E-state index contributed by atoms with van der Waals surface area (Å²) in [5.41, 5.74) is -0.204. The smallest absolute Gasteiger partial charge is 0.307 e. The van der Waals surface area contributed by atoms with Crippen LogP contribution in [0.3, 0.4) is 0 Å². The van der Waals surface area contributed by atoms with Crippen molar-refractivity contribution in [1.29, 1.82) is 0 Å². The highest BCUT2D eigenvalue weighted by atomic mass is 16.5. The van der Waals surface area contributed by atoms with Crippen LogP contribution in [0.4, 0.5) is 0 Å². The Labute approximate surface area is 96.9 Å². The summed E-state index contributed by atoms with van der Waals surface area (Å²) in [7, 11) is 3.12. The SMILES string of the molecule is COC(=O)CCN(C)C(=O)C1(C)CCCC1. The molecule has 16 heavy (non-hydrogen) atoms. The molecule has 1 saturated carbocycles. The van der Waals surface area contributed by atoms with Gasteiger partial charge in [0, 0.05) is 19.0 Å². The van der Waals surface area contributed by atoms with E-state index in [2.05, 4.69) is 4.74 Å². The van der Waals surface area contributed by atoms with Gasteiger partial charge in [-0.25, -0.2) is 0 Å². The van der Waals surface area contributed by atoms with Crippen molar-refractivity contribution in [1.82, 2.24) is 4.90 Å². The summed E-state index contributed by atoms with van der Waals surface area (Å²) in [6.07, 6.45) is 4.47. The third-order valence-corrected chi connectivity index (χ3v) is 3.45. The molecule has 0 aromatic carbocycles. The highest BCUT2D eigenvalue weighted by molar-refractivity contribution is 5.82. The number of esters is 1. The Balaban J connectivity index is 2.44. The summed E-state index contributed by atoms with van der Waals surface area (Å²) in [6, 6.07) is 0. The molecule has 0 atom stereocenters. The molecule has 92 valence electrons. The molecule has 0 spiro atoms. The third kappa shape index (κ3) is 2.97. The molecule has 1 fully saturated rings. The molecule has 0 saturated heterocycles. The highest BCUT2D eigenvalue weighted by Gasteiger charge is 2.37. The average molecular weight is 227 g/mol. The third-order valence-electron chi connectivity index (χ3n) is 3.45. The van der Waals surface area contributed by atoms with E-state index in [9.17, 15) is 9.59 Å². The number of methoxy groups -OCH3 is 1. The van der Waals surface area contributed by atoms with E-state index in [1.165, 1.54) is 7.11 Å². The van der Waals surface area contributed by atoms with Crippen LogP contribution < -0.4 is 0 Å². The molecule has 1 aliphatic rings. The standard InChI is InChI=1S/C12H21NO3/c1-12(7-4-5-8-12)11(15)13(2)9-6-10(14)16-3/h4-9H2,1-3H3. The lowest BCUT2D eigenvalue weighted by Gasteiger charge is -2.28.